The fraction of sp³-hybridized carbons (Fsp3) is 0.385. The second-order valence-electron chi connectivity index (χ2n) is 7.48. The number of unbranched alkanes of at least 4 members (excludes halogenated alkanes) is 4. The Morgan fingerprint density at radius 1 is 0.767 bits per heavy atom. The highest BCUT2D eigenvalue weighted by Crippen LogP contribution is 2.28. The zero-order chi connectivity index (χ0) is 21.0. The molecule has 0 bridgehead atoms. The lowest BCUT2D eigenvalue weighted by molar-refractivity contribution is 0.362. The molecule has 158 valence electrons. The van der Waals surface area contributed by atoms with Gasteiger partial charge in [0.05, 0.1) is 0 Å². The Hall–Kier alpha value is -2.46. The molecule has 1 heterocycles. The van der Waals surface area contributed by atoms with Crippen LogP contribution in [0.15, 0.2) is 60.7 Å². The molecule has 0 amide bonds. The van der Waals surface area contributed by atoms with E-state index in [0.29, 0.717) is 6.61 Å². The summed E-state index contributed by atoms with van der Waals surface area (Å²) >= 11 is 1.71. The van der Waals surface area contributed by atoms with E-state index >= 15 is 0 Å². The van der Waals surface area contributed by atoms with Gasteiger partial charge in [-0.1, -0.05) is 99.4 Å². The Kier molecular flexibility index (Phi) is 9.10. The van der Waals surface area contributed by atoms with E-state index in [1.165, 1.54) is 43.2 Å². The van der Waals surface area contributed by atoms with Gasteiger partial charge in [-0.3, -0.25) is 0 Å². The van der Waals surface area contributed by atoms with Gasteiger partial charge >= 0.3 is 0 Å². The second kappa shape index (κ2) is 12.3. The molecule has 2 aromatic carbocycles. The van der Waals surface area contributed by atoms with E-state index in [1.54, 1.807) is 11.3 Å². The van der Waals surface area contributed by atoms with E-state index in [2.05, 4.69) is 72.6 Å². The first-order valence-corrected chi connectivity index (χ1v) is 11.9. The normalized spacial score (nSPS) is 11.3. The van der Waals surface area contributed by atoms with E-state index in [9.17, 15) is 0 Å². The molecule has 0 saturated heterocycles. The number of benzene rings is 2. The van der Waals surface area contributed by atoms with Crippen LogP contribution in [0, 0.1) is 0 Å². The first kappa shape index (κ1) is 22.2. The minimum absolute atomic E-state index is 0.625. The van der Waals surface area contributed by atoms with Crippen LogP contribution in [0.2, 0.25) is 0 Å². The van der Waals surface area contributed by atoms with Crippen molar-refractivity contribution in [3.05, 3.63) is 65.7 Å². The van der Waals surface area contributed by atoms with Gasteiger partial charge < -0.3 is 4.74 Å². The quantitative estimate of drug-likeness (QED) is 0.222. The molecule has 0 saturated carbocycles. The highest BCUT2D eigenvalue weighted by atomic mass is 32.1. The standard InChI is InChI=1S/C26H32N2OS/c1-3-5-7-8-10-20-29-24-18-16-22(17-19-24)21-12-14-23(15-13-21)26-28-27-25(30-26)11-9-6-4-2/h8,10,12-19H,3-7,9,11,20H2,1-2H3. The number of aryl methyl sites for hydroxylation is 1. The highest BCUT2D eigenvalue weighted by molar-refractivity contribution is 7.14. The average molecular weight is 421 g/mol. The van der Waals surface area contributed by atoms with Crippen LogP contribution >= 0.6 is 11.3 Å². The van der Waals surface area contributed by atoms with Crippen molar-refractivity contribution in [3.8, 4) is 27.4 Å². The number of allylic oxidation sites excluding steroid dienone is 1. The molecule has 0 atom stereocenters. The summed E-state index contributed by atoms with van der Waals surface area (Å²) in [7, 11) is 0. The van der Waals surface area contributed by atoms with Crippen molar-refractivity contribution in [2.75, 3.05) is 6.61 Å². The molecule has 4 heteroatoms. The van der Waals surface area contributed by atoms with Crippen molar-refractivity contribution >= 4 is 11.3 Å². The molecule has 0 spiro atoms. The predicted octanol–water partition coefficient (Wildman–Crippen LogP) is 7.73. The number of aromatic nitrogens is 2. The molecule has 0 N–H and O–H groups in total. The van der Waals surface area contributed by atoms with Crippen LogP contribution in [0.5, 0.6) is 5.75 Å². The summed E-state index contributed by atoms with van der Waals surface area (Å²) in [6, 6.07) is 16.9. The molecule has 0 unspecified atom stereocenters. The van der Waals surface area contributed by atoms with Gasteiger partial charge in [0.2, 0.25) is 0 Å². The summed E-state index contributed by atoms with van der Waals surface area (Å²) in [5, 5.41) is 10.9. The van der Waals surface area contributed by atoms with Crippen LogP contribution in [0.3, 0.4) is 0 Å². The molecule has 0 radical (unpaired) electrons. The SMILES string of the molecule is CCCCC=CCOc1ccc(-c2ccc(-c3nnc(CCCCC)s3)cc2)cc1. The molecule has 3 aromatic rings. The zero-order valence-corrected chi connectivity index (χ0v) is 19.0. The van der Waals surface area contributed by atoms with E-state index in [4.69, 9.17) is 4.74 Å². The van der Waals surface area contributed by atoms with Crippen LogP contribution in [-0.4, -0.2) is 16.8 Å². The molecular formula is C26H32N2OS. The van der Waals surface area contributed by atoms with Crippen LogP contribution in [0.1, 0.15) is 57.4 Å². The summed E-state index contributed by atoms with van der Waals surface area (Å²) in [6.45, 7) is 5.06. The number of ether oxygens (including phenoxy) is 1. The molecule has 0 fully saturated rings. The molecule has 3 rings (SSSR count). The maximum absolute atomic E-state index is 5.79. The smallest absolute Gasteiger partial charge is 0.147 e. The maximum atomic E-state index is 5.79. The molecule has 30 heavy (non-hydrogen) atoms. The fourth-order valence-electron chi connectivity index (χ4n) is 3.20. The van der Waals surface area contributed by atoms with Crippen LogP contribution in [0.25, 0.3) is 21.7 Å². The number of hydrogen-bond donors (Lipinski definition) is 0. The Morgan fingerprint density at radius 3 is 2.13 bits per heavy atom. The molecular weight excluding hydrogens is 388 g/mol. The Balaban J connectivity index is 1.55. The van der Waals surface area contributed by atoms with Gasteiger partial charge in [-0.2, -0.15) is 0 Å². The van der Waals surface area contributed by atoms with Crippen molar-refractivity contribution in [1.29, 1.82) is 0 Å². The van der Waals surface area contributed by atoms with Gasteiger partial charge in [-0.15, -0.1) is 10.2 Å². The molecule has 3 nitrogen and oxygen atoms in total. The average Bonchev–Trinajstić information content (AvgIpc) is 3.26. The largest absolute Gasteiger partial charge is 0.490 e. The molecule has 1 aromatic heterocycles. The summed E-state index contributed by atoms with van der Waals surface area (Å²) in [4.78, 5) is 0. The van der Waals surface area contributed by atoms with Crippen LogP contribution < -0.4 is 4.74 Å². The third kappa shape index (κ3) is 6.81. The zero-order valence-electron chi connectivity index (χ0n) is 18.1. The van der Waals surface area contributed by atoms with Crippen molar-refractivity contribution in [3.63, 3.8) is 0 Å². The number of rotatable bonds is 12. The minimum atomic E-state index is 0.625. The summed E-state index contributed by atoms with van der Waals surface area (Å²) in [5.74, 6) is 0.903. The van der Waals surface area contributed by atoms with Crippen molar-refractivity contribution in [2.45, 2.75) is 58.8 Å². The third-order valence-electron chi connectivity index (χ3n) is 5.02. The van der Waals surface area contributed by atoms with Gasteiger partial charge in [-0.05, 0) is 36.1 Å². The second-order valence-corrected chi connectivity index (χ2v) is 8.55. The van der Waals surface area contributed by atoms with E-state index in [0.717, 1.165) is 34.2 Å². The van der Waals surface area contributed by atoms with E-state index in [-0.39, 0.29) is 0 Å². The third-order valence-corrected chi connectivity index (χ3v) is 6.05. The predicted molar refractivity (Wildman–Crippen MR) is 128 cm³/mol. The van der Waals surface area contributed by atoms with Gasteiger partial charge in [0.15, 0.2) is 0 Å². The fourth-order valence-corrected chi connectivity index (χ4v) is 4.09. The van der Waals surface area contributed by atoms with Gasteiger partial charge in [0, 0.05) is 12.0 Å². The number of nitrogens with zero attached hydrogens (tertiary/aromatic N) is 2. The van der Waals surface area contributed by atoms with Gasteiger partial charge in [-0.25, -0.2) is 0 Å². The van der Waals surface area contributed by atoms with E-state index < -0.39 is 0 Å². The summed E-state index contributed by atoms with van der Waals surface area (Å²) in [6.07, 6.45) is 12.6. The summed E-state index contributed by atoms with van der Waals surface area (Å²) in [5.41, 5.74) is 3.51. The minimum Gasteiger partial charge on any atom is -0.490 e. The van der Waals surface area contributed by atoms with E-state index in [1.807, 2.05) is 12.1 Å². The Morgan fingerprint density at radius 2 is 1.43 bits per heavy atom. The van der Waals surface area contributed by atoms with Crippen molar-refractivity contribution in [1.82, 2.24) is 10.2 Å². The molecule has 0 aliphatic heterocycles. The molecule has 0 aliphatic carbocycles. The maximum Gasteiger partial charge on any atom is 0.147 e. The first-order chi connectivity index (χ1) is 14.8. The van der Waals surface area contributed by atoms with Crippen LogP contribution in [0.4, 0.5) is 0 Å². The lowest BCUT2D eigenvalue weighted by Gasteiger charge is -2.06. The molecule has 0 aliphatic rings. The summed E-state index contributed by atoms with van der Waals surface area (Å²) < 4.78 is 5.79. The van der Waals surface area contributed by atoms with Gasteiger partial charge in [0.25, 0.3) is 0 Å². The van der Waals surface area contributed by atoms with Gasteiger partial charge in [0.1, 0.15) is 22.4 Å². The Bertz CT molecular complexity index is 898. The lowest BCUT2D eigenvalue weighted by atomic mass is 10.0. The van der Waals surface area contributed by atoms with Crippen LogP contribution in [-0.2, 0) is 6.42 Å². The van der Waals surface area contributed by atoms with Crippen molar-refractivity contribution < 1.29 is 4.74 Å². The van der Waals surface area contributed by atoms with Crippen molar-refractivity contribution in [2.24, 2.45) is 0 Å². The number of hydrogen-bond acceptors (Lipinski definition) is 4. The topological polar surface area (TPSA) is 35.0 Å². The highest BCUT2D eigenvalue weighted by Gasteiger charge is 2.07. The Labute approximate surface area is 184 Å². The first-order valence-electron chi connectivity index (χ1n) is 11.1. The monoisotopic (exact) mass is 420 g/mol. The lowest BCUT2D eigenvalue weighted by Crippen LogP contribution is -1.93.